The summed E-state index contributed by atoms with van der Waals surface area (Å²) < 4.78 is 110. The van der Waals surface area contributed by atoms with Crippen LogP contribution in [0.2, 0.25) is 0 Å². The molecule has 0 aromatic heterocycles. The number of aromatic hydroxyl groups is 2. The lowest BCUT2D eigenvalue weighted by atomic mass is 10.0. The van der Waals surface area contributed by atoms with E-state index in [9.17, 15) is 59.2 Å². The van der Waals surface area contributed by atoms with Crippen molar-refractivity contribution in [3.05, 3.63) is 119 Å². The molecule has 0 aliphatic carbocycles. The van der Waals surface area contributed by atoms with Crippen molar-refractivity contribution in [3.8, 4) is 22.6 Å². The first-order valence-electron chi connectivity index (χ1n) is 17.4. The average molecular weight is 911 g/mol. The molecule has 25 heteroatoms. The minimum atomic E-state index is -5.46. The highest BCUT2D eigenvalue weighted by atomic mass is 32.2. The lowest BCUT2D eigenvalue weighted by Gasteiger charge is -2.18. The van der Waals surface area contributed by atoms with Crippen LogP contribution in [0.25, 0.3) is 32.7 Å². The molecule has 0 radical (unpaired) electrons. The van der Waals surface area contributed by atoms with Gasteiger partial charge in [-0.25, -0.2) is 25.3 Å². The maximum atomic E-state index is 12.4. The lowest BCUT2D eigenvalue weighted by molar-refractivity contribution is -0.384. The first kappa shape index (κ1) is 43.3. The summed E-state index contributed by atoms with van der Waals surface area (Å²) in [7, 11) is -16.0. The van der Waals surface area contributed by atoms with E-state index in [1.807, 2.05) is 0 Å². The standard InChI is InChI=1S/C38H27N9O13S3/c39-27-3-1-2-21-16-29(62(55,56)57)35(37(48)31(21)27)45-42-23-8-4-19(5-9-23)20-6-10-24(11-7-20)43-46-36-30(63(58,59)60)18-22-17-28(61(52,53)54)34(33(40)32(22)38(36)49)44-41-25-12-14-26(15-13-25)47(50)51/h1-18,48-49H,39-40H2,(H,52,53,54)(H,55,56,57)(H,58,59,60)/p-3. The number of rotatable bonds is 11. The molecule has 0 unspecified atom stereocenters. The van der Waals surface area contributed by atoms with Gasteiger partial charge >= 0.3 is 0 Å². The number of phenolic OH excluding ortho intramolecular Hbond substituents is 2. The minimum absolute atomic E-state index is 0.0334. The average Bonchev–Trinajstić information content (AvgIpc) is 3.21. The number of fused-ring (bicyclic) bond motifs is 2. The number of nitro groups is 1. The van der Waals surface area contributed by atoms with E-state index in [1.165, 1.54) is 42.5 Å². The summed E-state index contributed by atoms with van der Waals surface area (Å²) >= 11 is 0. The van der Waals surface area contributed by atoms with Crippen LogP contribution in [0.15, 0.2) is 155 Å². The van der Waals surface area contributed by atoms with Crippen LogP contribution in [0.3, 0.4) is 0 Å². The maximum absolute atomic E-state index is 12.4. The Morgan fingerprint density at radius 1 is 0.492 bits per heavy atom. The molecule has 320 valence electrons. The zero-order valence-corrected chi connectivity index (χ0v) is 33.7. The highest BCUT2D eigenvalue weighted by Gasteiger charge is 2.25. The third kappa shape index (κ3) is 8.84. The number of hydrogen-bond donors (Lipinski definition) is 4. The molecule has 0 saturated carbocycles. The molecular formula is C38H24N9O13S3-3. The fourth-order valence-electron chi connectivity index (χ4n) is 6.21. The molecule has 0 amide bonds. The van der Waals surface area contributed by atoms with E-state index in [0.717, 1.165) is 30.3 Å². The van der Waals surface area contributed by atoms with Crippen LogP contribution in [-0.2, 0) is 30.4 Å². The first-order chi connectivity index (χ1) is 29.6. The smallest absolute Gasteiger partial charge is 0.269 e. The molecule has 22 nitrogen and oxygen atoms in total. The number of anilines is 2. The second-order valence-electron chi connectivity index (χ2n) is 13.2. The Bertz CT molecular complexity index is 3480. The minimum Gasteiger partial charge on any atom is -0.744 e. The Labute approximate surface area is 354 Å². The number of nitrogens with two attached hydrogens (primary N) is 2. The second kappa shape index (κ2) is 16.2. The fourth-order valence-corrected chi connectivity index (χ4v) is 8.16. The number of benzene rings is 7. The predicted molar refractivity (Wildman–Crippen MR) is 221 cm³/mol. The Morgan fingerprint density at radius 3 is 1.30 bits per heavy atom. The molecule has 7 aromatic carbocycles. The molecular weight excluding hydrogens is 887 g/mol. The Hall–Kier alpha value is -7.81. The van der Waals surface area contributed by atoms with Gasteiger partial charge in [-0.3, -0.25) is 10.1 Å². The van der Waals surface area contributed by atoms with Gasteiger partial charge in [0.25, 0.3) is 5.69 Å². The number of nitro benzene ring substituents is 1. The van der Waals surface area contributed by atoms with E-state index in [2.05, 4.69) is 30.7 Å². The molecule has 0 spiro atoms. The van der Waals surface area contributed by atoms with Gasteiger partial charge in [0.15, 0.2) is 11.5 Å². The number of non-ortho nitro benzene ring substituents is 1. The quantitative estimate of drug-likeness (QED) is 0.0313. The molecule has 7 aromatic rings. The van der Waals surface area contributed by atoms with Gasteiger partial charge in [-0.2, -0.15) is 15.3 Å². The van der Waals surface area contributed by atoms with Crippen molar-refractivity contribution < 1.29 is 54.0 Å². The molecule has 0 aliphatic rings. The van der Waals surface area contributed by atoms with E-state index in [0.29, 0.717) is 23.3 Å². The molecule has 6 N–H and O–H groups in total. The topological polar surface area (TPSA) is 381 Å². The van der Waals surface area contributed by atoms with Gasteiger partial charge < -0.3 is 35.3 Å². The third-order valence-corrected chi connectivity index (χ3v) is 11.7. The van der Waals surface area contributed by atoms with Crippen LogP contribution < -0.4 is 11.5 Å². The molecule has 0 atom stereocenters. The van der Waals surface area contributed by atoms with E-state index in [1.54, 1.807) is 24.3 Å². The summed E-state index contributed by atoms with van der Waals surface area (Å²) in [4.78, 5) is 7.26. The highest BCUT2D eigenvalue weighted by molar-refractivity contribution is 7.86. The van der Waals surface area contributed by atoms with E-state index >= 15 is 0 Å². The van der Waals surface area contributed by atoms with Gasteiger partial charge in [-0.1, -0.05) is 36.4 Å². The molecule has 0 bridgehead atoms. The summed E-state index contributed by atoms with van der Waals surface area (Å²) in [6.07, 6.45) is 0. The zero-order chi connectivity index (χ0) is 45.6. The lowest BCUT2D eigenvalue weighted by Crippen LogP contribution is -2.04. The molecule has 0 saturated heterocycles. The van der Waals surface area contributed by atoms with Crippen molar-refractivity contribution in [3.63, 3.8) is 0 Å². The number of phenols is 2. The normalized spacial score (nSPS) is 12.6. The molecule has 7 rings (SSSR count). The van der Waals surface area contributed by atoms with Crippen molar-refractivity contribution in [1.29, 1.82) is 0 Å². The van der Waals surface area contributed by atoms with Gasteiger partial charge in [0.2, 0.25) is 0 Å². The van der Waals surface area contributed by atoms with Crippen LogP contribution in [0, 0.1) is 10.1 Å². The van der Waals surface area contributed by atoms with Crippen molar-refractivity contribution in [2.75, 3.05) is 11.5 Å². The Balaban J connectivity index is 1.19. The fraction of sp³-hybridized carbons (Fsp3) is 0. The van der Waals surface area contributed by atoms with E-state index < -0.39 is 95.0 Å². The van der Waals surface area contributed by atoms with Crippen LogP contribution in [-0.4, -0.2) is 54.0 Å². The van der Waals surface area contributed by atoms with Crippen molar-refractivity contribution in [1.82, 2.24) is 0 Å². The molecule has 0 heterocycles. The summed E-state index contributed by atoms with van der Waals surface area (Å²) in [5, 5.41) is 55.6. The van der Waals surface area contributed by atoms with Gasteiger partial charge in [-0.15, -0.1) is 15.3 Å². The number of hydrogen-bond acceptors (Lipinski definition) is 21. The number of azo groups is 3. The van der Waals surface area contributed by atoms with Gasteiger partial charge in [0.1, 0.15) is 47.4 Å². The summed E-state index contributed by atoms with van der Waals surface area (Å²) in [5.74, 6) is -1.70. The Morgan fingerprint density at radius 2 is 0.873 bits per heavy atom. The van der Waals surface area contributed by atoms with Crippen molar-refractivity contribution >= 4 is 103 Å². The summed E-state index contributed by atoms with van der Waals surface area (Å²) in [6.45, 7) is 0. The summed E-state index contributed by atoms with van der Waals surface area (Å²) in [6, 6.07) is 23.5. The Kier molecular flexibility index (Phi) is 11.2. The maximum Gasteiger partial charge on any atom is 0.269 e. The van der Waals surface area contributed by atoms with Crippen molar-refractivity contribution in [2.45, 2.75) is 14.7 Å². The summed E-state index contributed by atoms with van der Waals surface area (Å²) in [5.41, 5.74) is 10.5. The first-order valence-corrected chi connectivity index (χ1v) is 21.6. The van der Waals surface area contributed by atoms with Crippen molar-refractivity contribution in [2.24, 2.45) is 30.7 Å². The third-order valence-electron chi connectivity index (χ3n) is 9.16. The van der Waals surface area contributed by atoms with E-state index in [4.69, 9.17) is 11.5 Å². The van der Waals surface area contributed by atoms with Gasteiger partial charge in [0.05, 0.1) is 47.7 Å². The van der Waals surface area contributed by atoms with Crippen LogP contribution >= 0.6 is 0 Å². The number of nitrogens with zero attached hydrogens (tertiary/aromatic N) is 7. The largest absolute Gasteiger partial charge is 0.744 e. The number of nitrogen functional groups attached to an aromatic ring is 2. The van der Waals surface area contributed by atoms with Crippen LogP contribution in [0.5, 0.6) is 11.5 Å². The molecule has 63 heavy (non-hydrogen) atoms. The molecule has 0 fully saturated rings. The SMILES string of the molecule is Nc1cccc2cc(S(=O)(=O)[O-])c(N=Nc3ccc(-c4ccc(N=Nc5c(S(=O)(=O)[O-])cc6cc(S(=O)(=O)[O-])c(N=Nc7ccc([N+](=O)[O-])cc7)c(N)c6c5O)cc4)cc3)c(O)c12. The van der Waals surface area contributed by atoms with Gasteiger partial charge in [0, 0.05) is 23.2 Å². The molecule has 0 aliphatic heterocycles. The van der Waals surface area contributed by atoms with E-state index in [-0.39, 0.29) is 39.2 Å². The zero-order valence-electron chi connectivity index (χ0n) is 31.3. The van der Waals surface area contributed by atoms with Crippen LogP contribution in [0.4, 0.5) is 51.2 Å². The highest BCUT2D eigenvalue weighted by Crippen LogP contribution is 2.49. The monoisotopic (exact) mass is 910 g/mol. The van der Waals surface area contributed by atoms with Crippen LogP contribution in [0.1, 0.15) is 0 Å². The second-order valence-corrected chi connectivity index (χ2v) is 17.2. The van der Waals surface area contributed by atoms with Gasteiger partial charge in [-0.05, 0) is 82.6 Å². The predicted octanol–water partition coefficient (Wildman–Crippen LogP) is 8.10.